The Labute approximate surface area is 226 Å². The Kier molecular flexibility index (Phi) is 9.18. The summed E-state index contributed by atoms with van der Waals surface area (Å²) < 4.78 is 10.9. The standard InChI is InChI=1S/C30H43N3O5/c1-29(2,3)24-17-23(37-7)18-25(26(24)34)32-27(35)33(19-20-11-9-8-10-12-20)22-15-13-21(14-16-22)31-28(36)38-30(4,5)6/h8-12,17-18,21-22,34H,13-16,19H2,1-7H3,(H,31,36)(H,32,35). The molecule has 8 heteroatoms. The molecule has 38 heavy (non-hydrogen) atoms. The zero-order chi connectivity index (χ0) is 28.1. The van der Waals surface area contributed by atoms with Gasteiger partial charge in [-0.05, 0) is 63.5 Å². The molecular formula is C30H43N3O5. The monoisotopic (exact) mass is 525 g/mol. The maximum atomic E-state index is 13.7. The van der Waals surface area contributed by atoms with Crippen LogP contribution in [0.15, 0.2) is 42.5 Å². The van der Waals surface area contributed by atoms with E-state index in [0.717, 1.165) is 31.2 Å². The molecule has 1 aliphatic rings. The van der Waals surface area contributed by atoms with Crippen LogP contribution in [-0.2, 0) is 16.7 Å². The van der Waals surface area contributed by atoms with Crippen molar-refractivity contribution in [2.75, 3.05) is 12.4 Å². The summed E-state index contributed by atoms with van der Waals surface area (Å²) in [5.74, 6) is 0.600. The van der Waals surface area contributed by atoms with E-state index in [0.29, 0.717) is 23.5 Å². The van der Waals surface area contributed by atoms with Crippen molar-refractivity contribution in [1.29, 1.82) is 0 Å². The number of anilines is 1. The first-order chi connectivity index (χ1) is 17.8. The lowest BCUT2D eigenvalue weighted by Crippen LogP contribution is -2.47. The summed E-state index contributed by atoms with van der Waals surface area (Å²) in [6, 6.07) is 13.0. The third kappa shape index (κ3) is 8.04. The first-order valence-electron chi connectivity index (χ1n) is 13.3. The van der Waals surface area contributed by atoms with Gasteiger partial charge in [0.1, 0.15) is 17.1 Å². The number of aromatic hydroxyl groups is 1. The van der Waals surface area contributed by atoms with Gasteiger partial charge in [0.2, 0.25) is 0 Å². The number of nitrogens with zero attached hydrogens (tertiary/aromatic N) is 1. The van der Waals surface area contributed by atoms with Crippen LogP contribution in [0.3, 0.4) is 0 Å². The summed E-state index contributed by atoms with van der Waals surface area (Å²) in [7, 11) is 1.57. The molecule has 0 radical (unpaired) electrons. The predicted octanol–water partition coefficient (Wildman–Crippen LogP) is 6.57. The van der Waals surface area contributed by atoms with Gasteiger partial charge in [-0.25, -0.2) is 9.59 Å². The first kappa shape index (κ1) is 29.1. The van der Waals surface area contributed by atoms with Crippen LogP contribution in [0, 0.1) is 0 Å². The average Bonchev–Trinajstić information content (AvgIpc) is 2.83. The van der Waals surface area contributed by atoms with Crippen LogP contribution in [0.5, 0.6) is 11.5 Å². The number of amides is 3. The highest BCUT2D eigenvalue weighted by Gasteiger charge is 2.31. The van der Waals surface area contributed by atoms with Gasteiger partial charge >= 0.3 is 12.1 Å². The molecule has 0 bridgehead atoms. The van der Waals surface area contributed by atoms with Crippen molar-refractivity contribution in [3.05, 3.63) is 53.6 Å². The zero-order valence-electron chi connectivity index (χ0n) is 23.8. The van der Waals surface area contributed by atoms with E-state index in [2.05, 4.69) is 10.6 Å². The van der Waals surface area contributed by atoms with E-state index >= 15 is 0 Å². The lowest BCUT2D eigenvalue weighted by atomic mass is 9.85. The van der Waals surface area contributed by atoms with E-state index in [1.807, 2.05) is 76.8 Å². The van der Waals surface area contributed by atoms with Crippen LogP contribution in [0.1, 0.15) is 78.4 Å². The number of ether oxygens (including phenoxy) is 2. The molecule has 0 saturated heterocycles. The van der Waals surface area contributed by atoms with Crippen LogP contribution in [0.25, 0.3) is 0 Å². The van der Waals surface area contributed by atoms with Crippen molar-refractivity contribution in [3.8, 4) is 11.5 Å². The molecule has 3 amide bonds. The predicted molar refractivity (Wildman–Crippen MR) is 150 cm³/mol. The van der Waals surface area contributed by atoms with Gasteiger partial charge in [-0.2, -0.15) is 0 Å². The third-order valence-electron chi connectivity index (χ3n) is 6.68. The minimum Gasteiger partial charge on any atom is -0.505 e. The number of rotatable bonds is 6. The molecule has 3 N–H and O–H groups in total. The van der Waals surface area contributed by atoms with Gasteiger partial charge in [0.15, 0.2) is 0 Å². The second-order valence-corrected chi connectivity index (χ2v) is 12.0. The Bertz CT molecular complexity index is 1100. The molecule has 1 saturated carbocycles. The quantitative estimate of drug-likeness (QED) is 0.371. The molecule has 1 fully saturated rings. The van der Waals surface area contributed by atoms with Crippen LogP contribution >= 0.6 is 0 Å². The van der Waals surface area contributed by atoms with Gasteiger partial charge in [-0.15, -0.1) is 0 Å². The highest BCUT2D eigenvalue weighted by atomic mass is 16.6. The number of nitrogens with one attached hydrogen (secondary N) is 2. The van der Waals surface area contributed by atoms with Crippen molar-refractivity contribution in [2.45, 2.75) is 96.9 Å². The van der Waals surface area contributed by atoms with Gasteiger partial charge in [0.05, 0.1) is 12.8 Å². The molecule has 0 atom stereocenters. The van der Waals surface area contributed by atoms with E-state index in [-0.39, 0.29) is 29.3 Å². The molecule has 0 unspecified atom stereocenters. The zero-order valence-corrected chi connectivity index (χ0v) is 23.8. The number of hydrogen-bond acceptors (Lipinski definition) is 5. The van der Waals surface area contributed by atoms with Crippen LogP contribution in [0.4, 0.5) is 15.3 Å². The fraction of sp³-hybridized carbons (Fsp3) is 0.533. The molecule has 8 nitrogen and oxygen atoms in total. The highest BCUT2D eigenvalue weighted by Crippen LogP contribution is 2.40. The van der Waals surface area contributed by atoms with Gasteiger partial charge in [-0.1, -0.05) is 51.1 Å². The maximum absolute atomic E-state index is 13.7. The molecule has 0 spiro atoms. The number of benzene rings is 2. The summed E-state index contributed by atoms with van der Waals surface area (Å²) in [5.41, 5.74) is 1.13. The van der Waals surface area contributed by atoms with Gasteiger partial charge < -0.3 is 30.1 Å². The normalized spacial score (nSPS) is 17.9. The number of alkyl carbamates (subject to hydrolysis) is 1. The average molecular weight is 526 g/mol. The minimum atomic E-state index is -0.551. The molecule has 0 aliphatic heterocycles. The molecule has 0 heterocycles. The molecule has 0 aromatic heterocycles. The third-order valence-corrected chi connectivity index (χ3v) is 6.68. The largest absolute Gasteiger partial charge is 0.505 e. The van der Waals surface area contributed by atoms with Gasteiger partial charge in [0.25, 0.3) is 0 Å². The smallest absolute Gasteiger partial charge is 0.407 e. The second-order valence-electron chi connectivity index (χ2n) is 12.0. The number of carbonyl (C=O) groups excluding carboxylic acids is 2. The molecule has 2 aromatic rings. The van der Waals surface area contributed by atoms with Crippen LogP contribution < -0.4 is 15.4 Å². The summed E-state index contributed by atoms with van der Waals surface area (Å²) >= 11 is 0. The van der Waals surface area contributed by atoms with Crippen molar-refractivity contribution in [2.24, 2.45) is 0 Å². The fourth-order valence-corrected chi connectivity index (χ4v) is 4.73. The Balaban J connectivity index is 1.78. The van der Waals surface area contributed by atoms with Gasteiger partial charge in [0, 0.05) is 30.3 Å². The summed E-state index contributed by atoms with van der Waals surface area (Å²) in [6.45, 7) is 11.9. The molecular weight excluding hydrogens is 482 g/mol. The van der Waals surface area contributed by atoms with E-state index in [1.54, 1.807) is 19.2 Å². The first-order valence-corrected chi connectivity index (χ1v) is 13.3. The molecule has 3 rings (SSSR count). The van der Waals surface area contributed by atoms with E-state index in [1.165, 1.54) is 0 Å². The van der Waals surface area contributed by atoms with Gasteiger partial charge in [-0.3, -0.25) is 0 Å². The number of methoxy groups -OCH3 is 1. The van der Waals surface area contributed by atoms with Crippen molar-refractivity contribution in [1.82, 2.24) is 10.2 Å². The lowest BCUT2D eigenvalue weighted by Gasteiger charge is -2.37. The Morgan fingerprint density at radius 3 is 2.18 bits per heavy atom. The Morgan fingerprint density at radius 2 is 1.63 bits per heavy atom. The number of phenolic OH excluding ortho intramolecular Hbond substituents is 1. The fourth-order valence-electron chi connectivity index (χ4n) is 4.73. The maximum Gasteiger partial charge on any atom is 0.407 e. The molecule has 208 valence electrons. The number of carbonyl (C=O) groups is 2. The Morgan fingerprint density at radius 1 is 1.00 bits per heavy atom. The highest BCUT2D eigenvalue weighted by molar-refractivity contribution is 5.92. The van der Waals surface area contributed by atoms with Crippen molar-refractivity contribution in [3.63, 3.8) is 0 Å². The summed E-state index contributed by atoms with van der Waals surface area (Å²) in [5, 5.41) is 17.0. The van der Waals surface area contributed by atoms with Crippen molar-refractivity contribution < 1.29 is 24.2 Å². The summed E-state index contributed by atoms with van der Waals surface area (Å²) in [6.07, 6.45) is 2.53. The van der Waals surface area contributed by atoms with E-state index in [9.17, 15) is 14.7 Å². The minimum absolute atomic E-state index is 0.000454. The van der Waals surface area contributed by atoms with Crippen LogP contribution in [-0.4, -0.2) is 46.9 Å². The number of phenols is 1. The molecule has 2 aromatic carbocycles. The summed E-state index contributed by atoms with van der Waals surface area (Å²) in [4.78, 5) is 27.8. The SMILES string of the molecule is COc1cc(NC(=O)N(Cc2ccccc2)C2CCC(NC(=O)OC(C)(C)C)CC2)c(O)c(C(C)(C)C)c1. The topological polar surface area (TPSA) is 100 Å². The van der Waals surface area contributed by atoms with E-state index in [4.69, 9.17) is 9.47 Å². The van der Waals surface area contributed by atoms with E-state index < -0.39 is 11.7 Å². The Hall–Kier alpha value is -3.42. The second kappa shape index (κ2) is 12.0. The number of hydrogen-bond donors (Lipinski definition) is 3. The number of urea groups is 1. The lowest BCUT2D eigenvalue weighted by molar-refractivity contribution is 0.0480. The molecule has 1 aliphatic carbocycles. The van der Waals surface area contributed by atoms with Crippen molar-refractivity contribution >= 4 is 17.8 Å². The van der Waals surface area contributed by atoms with Crippen LogP contribution in [0.2, 0.25) is 0 Å².